The van der Waals surface area contributed by atoms with Gasteiger partial charge in [-0.3, -0.25) is 0 Å². The Morgan fingerprint density at radius 1 is 0.900 bits per heavy atom. The second-order valence-corrected chi connectivity index (χ2v) is 6.54. The molecule has 0 aromatic carbocycles. The van der Waals surface area contributed by atoms with Gasteiger partial charge in [0.15, 0.2) is 0 Å². The topological polar surface area (TPSA) is 90.2 Å². The van der Waals surface area contributed by atoms with Crippen molar-refractivity contribution >= 4 is 11.8 Å². The minimum absolute atomic E-state index is 0.362. The second-order valence-electron chi connectivity index (χ2n) is 5.34. The van der Waals surface area contributed by atoms with Crippen LogP contribution in [-0.4, -0.2) is 62.6 Å². The van der Waals surface area contributed by atoms with Crippen molar-refractivity contribution in [3.05, 3.63) is 0 Å². The van der Waals surface area contributed by atoms with Crippen molar-refractivity contribution in [2.75, 3.05) is 12.4 Å². The van der Waals surface area contributed by atoms with E-state index in [2.05, 4.69) is 6.92 Å². The summed E-state index contributed by atoms with van der Waals surface area (Å²) in [6.07, 6.45) is 2.77. The van der Waals surface area contributed by atoms with Gasteiger partial charge in [0.2, 0.25) is 0 Å². The highest BCUT2D eigenvalue weighted by Crippen LogP contribution is 2.29. The number of rotatable bonds is 9. The quantitative estimate of drug-likeness (QED) is 0.473. The van der Waals surface area contributed by atoms with Crippen LogP contribution in [0.15, 0.2) is 0 Å². The molecule has 120 valence electrons. The van der Waals surface area contributed by atoms with E-state index in [9.17, 15) is 15.3 Å². The molecule has 5 nitrogen and oxygen atoms in total. The van der Waals surface area contributed by atoms with E-state index in [1.165, 1.54) is 37.4 Å². The molecule has 1 rings (SSSR count). The van der Waals surface area contributed by atoms with E-state index in [0.717, 1.165) is 18.6 Å². The molecule has 0 radical (unpaired) electrons. The minimum Gasteiger partial charge on any atom is -0.394 e. The Morgan fingerprint density at radius 3 is 2.20 bits per heavy atom. The minimum atomic E-state index is -1.26. The molecular formula is C14H28O5S. The predicted octanol–water partition coefficient (Wildman–Crippen LogP) is 0.880. The fraction of sp³-hybridized carbons (Fsp3) is 1.00. The standard InChI is InChI=1S/C14H28O5S/c1-2-3-4-5-6-7-8-20-14-13(18)12(17)11(16)10(9-15)19-14/h10-18H,2-9H2,1H3/t10-,11-,12+,13+,14+/m1/s1. The third kappa shape index (κ3) is 5.50. The van der Waals surface area contributed by atoms with Crippen molar-refractivity contribution in [2.45, 2.75) is 75.3 Å². The van der Waals surface area contributed by atoms with Crippen LogP contribution in [0.3, 0.4) is 0 Å². The van der Waals surface area contributed by atoms with Crippen LogP contribution < -0.4 is 0 Å². The zero-order chi connectivity index (χ0) is 15.0. The van der Waals surface area contributed by atoms with Gasteiger partial charge in [0, 0.05) is 0 Å². The molecule has 0 amide bonds. The van der Waals surface area contributed by atoms with Gasteiger partial charge < -0.3 is 25.2 Å². The molecule has 1 fully saturated rings. The molecule has 0 aromatic heterocycles. The first-order valence-electron chi connectivity index (χ1n) is 7.54. The van der Waals surface area contributed by atoms with Crippen molar-refractivity contribution in [1.82, 2.24) is 0 Å². The molecule has 20 heavy (non-hydrogen) atoms. The molecule has 1 saturated heterocycles. The van der Waals surface area contributed by atoms with Gasteiger partial charge in [0.25, 0.3) is 0 Å². The highest BCUT2D eigenvalue weighted by Gasteiger charge is 2.43. The maximum atomic E-state index is 9.86. The lowest BCUT2D eigenvalue weighted by Gasteiger charge is -2.39. The summed E-state index contributed by atoms with van der Waals surface area (Å²) in [5.74, 6) is 0.842. The average Bonchev–Trinajstić information content (AvgIpc) is 2.46. The third-order valence-corrected chi connectivity index (χ3v) is 4.87. The number of aliphatic hydroxyl groups excluding tert-OH is 4. The summed E-state index contributed by atoms with van der Waals surface area (Å²) in [6.45, 7) is 1.83. The summed E-state index contributed by atoms with van der Waals surface area (Å²) in [5.41, 5.74) is -0.582. The molecule has 1 aliphatic rings. The Hall–Kier alpha value is 0.150. The normalized spacial score (nSPS) is 34.4. The predicted molar refractivity (Wildman–Crippen MR) is 79.6 cm³/mol. The van der Waals surface area contributed by atoms with E-state index in [-0.39, 0.29) is 6.61 Å². The lowest BCUT2D eigenvalue weighted by atomic mass is 10.0. The van der Waals surface area contributed by atoms with Crippen LogP contribution in [0.1, 0.15) is 45.4 Å². The molecule has 5 atom stereocenters. The summed E-state index contributed by atoms with van der Waals surface area (Å²) in [4.78, 5) is 0. The van der Waals surface area contributed by atoms with Crippen molar-refractivity contribution < 1.29 is 25.2 Å². The fourth-order valence-corrected chi connectivity index (χ4v) is 3.47. The zero-order valence-corrected chi connectivity index (χ0v) is 13.0. The number of thioether (sulfide) groups is 1. The molecule has 1 heterocycles. The largest absolute Gasteiger partial charge is 0.394 e. The van der Waals surface area contributed by atoms with Crippen LogP contribution in [0.25, 0.3) is 0 Å². The zero-order valence-electron chi connectivity index (χ0n) is 12.1. The summed E-state index contributed by atoms with van der Waals surface area (Å²) in [7, 11) is 0. The monoisotopic (exact) mass is 308 g/mol. The number of hydrogen-bond acceptors (Lipinski definition) is 6. The summed E-state index contributed by atoms with van der Waals surface area (Å²) < 4.78 is 5.43. The summed E-state index contributed by atoms with van der Waals surface area (Å²) in [5, 5.41) is 38.3. The van der Waals surface area contributed by atoms with Crippen LogP contribution in [0.2, 0.25) is 0 Å². The lowest BCUT2D eigenvalue weighted by Crippen LogP contribution is -2.57. The molecule has 0 spiro atoms. The van der Waals surface area contributed by atoms with E-state index in [1.807, 2.05) is 0 Å². The molecule has 0 aromatic rings. The number of hydrogen-bond donors (Lipinski definition) is 4. The van der Waals surface area contributed by atoms with Crippen LogP contribution in [0.5, 0.6) is 0 Å². The van der Waals surface area contributed by atoms with Crippen LogP contribution >= 0.6 is 11.8 Å². The average molecular weight is 308 g/mol. The Kier molecular flexibility index (Phi) is 9.08. The summed E-state index contributed by atoms with van der Waals surface area (Å²) >= 11 is 1.44. The number of unbranched alkanes of at least 4 members (excludes halogenated alkanes) is 5. The van der Waals surface area contributed by atoms with Gasteiger partial charge in [-0.1, -0.05) is 39.0 Å². The van der Waals surface area contributed by atoms with Crippen LogP contribution in [0, 0.1) is 0 Å². The van der Waals surface area contributed by atoms with E-state index >= 15 is 0 Å². The third-order valence-electron chi connectivity index (χ3n) is 3.63. The fourth-order valence-electron chi connectivity index (χ4n) is 2.29. The maximum Gasteiger partial charge on any atom is 0.132 e. The maximum absolute atomic E-state index is 9.86. The number of aliphatic hydroxyl groups is 4. The Morgan fingerprint density at radius 2 is 1.55 bits per heavy atom. The molecule has 6 heteroatoms. The number of ether oxygens (including phenoxy) is 1. The van der Waals surface area contributed by atoms with E-state index in [0.29, 0.717) is 0 Å². The van der Waals surface area contributed by atoms with Gasteiger partial charge in [-0.2, -0.15) is 0 Å². The van der Waals surface area contributed by atoms with Crippen molar-refractivity contribution in [1.29, 1.82) is 0 Å². The van der Waals surface area contributed by atoms with E-state index in [1.54, 1.807) is 0 Å². The molecule has 0 aliphatic carbocycles. The van der Waals surface area contributed by atoms with Crippen LogP contribution in [-0.2, 0) is 4.74 Å². The van der Waals surface area contributed by atoms with E-state index < -0.39 is 29.9 Å². The van der Waals surface area contributed by atoms with E-state index in [4.69, 9.17) is 9.84 Å². The Labute approximate surface area is 125 Å². The van der Waals surface area contributed by atoms with Crippen LogP contribution in [0.4, 0.5) is 0 Å². The van der Waals surface area contributed by atoms with Gasteiger partial charge in [-0.05, 0) is 12.2 Å². The first-order valence-corrected chi connectivity index (χ1v) is 8.58. The molecule has 1 aliphatic heterocycles. The SMILES string of the molecule is CCCCCCCCS[C@@H]1O[C@H](CO)[C@@H](O)[C@H](O)[C@@H]1O. The Balaban J connectivity index is 2.21. The smallest absolute Gasteiger partial charge is 0.132 e. The van der Waals surface area contributed by atoms with Crippen molar-refractivity contribution in [2.24, 2.45) is 0 Å². The van der Waals surface area contributed by atoms with Crippen molar-refractivity contribution in [3.8, 4) is 0 Å². The van der Waals surface area contributed by atoms with Gasteiger partial charge in [0.05, 0.1) is 6.61 Å². The van der Waals surface area contributed by atoms with Crippen molar-refractivity contribution in [3.63, 3.8) is 0 Å². The lowest BCUT2D eigenvalue weighted by molar-refractivity contribution is -0.205. The molecule has 4 N–H and O–H groups in total. The Bertz CT molecular complexity index is 252. The second kappa shape index (κ2) is 9.97. The molecule has 0 bridgehead atoms. The highest BCUT2D eigenvalue weighted by molar-refractivity contribution is 7.99. The summed E-state index contributed by atoms with van der Waals surface area (Å²) in [6, 6.07) is 0. The molecule has 0 unspecified atom stereocenters. The first kappa shape index (κ1) is 18.2. The van der Waals surface area contributed by atoms with Gasteiger partial charge in [-0.15, -0.1) is 11.8 Å². The molecular weight excluding hydrogens is 280 g/mol. The first-order chi connectivity index (χ1) is 9.61. The van der Waals surface area contributed by atoms with Gasteiger partial charge >= 0.3 is 0 Å². The molecule has 0 saturated carbocycles. The highest BCUT2D eigenvalue weighted by atomic mass is 32.2. The van der Waals surface area contributed by atoms with Gasteiger partial charge in [0.1, 0.15) is 29.9 Å². The van der Waals surface area contributed by atoms with Gasteiger partial charge in [-0.25, -0.2) is 0 Å².